The molecule has 0 saturated heterocycles. The van der Waals surface area contributed by atoms with Crippen LogP contribution in [0.15, 0.2) is 0 Å². The van der Waals surface area contributed by atoms with Gasteiger partial charge in [0.05, 0.1) is 0 Å². The summed E-state index contributed by atoms with van der Waals surface area (Å²) >= 11 is 0. The van der Waals surface area contributed by atoms with Crippen LogP contribution in [0.4, 0.5) is 4.79 Å². The fourth-order valence-corrected chi connectivity index (χ4v) is 0. The molecule has 0 saturated carbocycles. The quantitative estimate of drug-likeness (QED) is 0.433. The molecular weight excluding hydrogens is 103 g/mol. The smallest absolute Gasteiger partial charge is 0.233 e. The molecule has 0 aromatic heterocycles. The largest absolute Gasteiger partial charge is 0.490 e. The number of carbonyl (C=O) groups is 1. The summed E-state index contributed by atoms with van der Waals surface area (Å²) in [5.41, 5.74) is 0. The molecule has 0 spiro atoms. The Bertz CT molecular complexity index is 32.6. The standard InChI is InChI=1S/CHBO2.Ti/c2-1(3)4;/h(H,3,4);. The minimum absolute atomic E-state index is 0. The number of rotatable bonds is 0. The van der Waals surface area contributed by atoms with Crippen LogP contribution in [0.5, 0.6) is 0 Å². The molecule has 0 fully saturated rings. The third kappa shape index (κ3) is 346. The van der Waals surface area contributed by atoms with Gasteiger partial charge >= 0.3 is 0 Å². The molecule has 2 nitrogen and oxygen atoms in total. The van der Waals surface area contributed by atoms with Gasteiger partial charge in [0.1, 0.15) is 0 Å². The Morgan fingerprint density at radius 3 is 1.80 bits per heavy atom. The molecule has 1 N–H and O–H groups in total. The van der Waals surface area contributed by atoms with Crippen LogP contribution in [0.25, 0.3) is 0 Å². The maximum atomic E-state index is 8.78. The van der Waals surface area contributed by atoms with E-state index in [2.05, 4.69) is 7.85 Å². The SMILES string of the molecule is [B]C(=O)O.[Ti]. The van der Waals surface area contributed by atoms with Crippen molar-refractivity contribution in [3.8, 4) is 0 Å². The molecule has 0 amide bonds. The average Bonchev–Trinajstić information content (AvgIpc) is 0.811. The van der Waals surface area contributed by atoms with Crippen LogP contribution in [-0.4, -0.2) is 18.8 Å². The van der Waals surface area contributed by atoms with Crippen LogP contribution in [-0.2, 0) is 21.7 Å². The zero-order chi connectivity index (χ0) is 3.58. The first kappa shape index (κ1) is 8.98. The van der Waals surface area contributed by atoms with E-state index < -0.39 is 5.87 Å². The van der Waals surface area contributed by atoms with Crippen LogP contribution in [0.3, 0.4) is 0 Å². The number of hydrogen-bond acceptors (Lipinski definition) is 1. The van der Waals surface area contributed by atoms with E-state index >= 15 is 0 Å². The van der Waals surface area contributed by atoms with Crippen molar-refractivity contribution in [2.24, 2.45) is 0 Å². The van der Waals surface area contributed by atoms with Gasteiger partial charge in [0, 0.05) is 21.7 Å². The van der Waals surface area contributed by atoms with Crippen LogP contribution in [0, 0.1) is 0 Å². The van der Waals surface area contributed by atoms with Gasteiger partial charge in [-0.3, -0.25) is 4.79 Å². The molecule has 0 aromatic carbocycles. The minimum Gasteiger partial charge on any atom is -0.490 e. The molecular formula is CHBO2Ti. The molecule has 0 aliphatic heterocycles. The molecule has 0 heterocycles. The molecule has 0 bridgehead atoms. The summed E-state index contributed by atoms with van der Waals surface area (Å²) in [7, 11) is 4.03. The summed E-state index contributed by atoms with van der Waals surface area (Å²) < 4.78 is 0. The number of carboxylic acid groups (broad SMARTS) is 1. The normalized spacial score (nSPS) is 4.80. The van der Waals surface area contributed by atoms with E-state index in [-0.39, 0.29) is 21.7 Å². The zero-order valence-corrected chi connectivity index (χ0v) is 3.99. The Kier molecular flexibility index (Phi) is 7.63. The predicted octanol–water partition coefficient (Wildman–Crippen LogP) is -0.170. The van der Waals surface area contributed by atoms with Gasteiger partial charge in [0.2, 0.25) is 13.7 Å². The van der Waals surface area contributed by atoms with Gasteiger partial charge in [0.15, 0.2) is 0 Å². The molecule has 0 rings (SSSR count). The third-order valence-electron chi connectivity index (χ3n) is 0. The van der Waals surface area contributed by atoms with Gasteiger partial charge in [-0.05, 0) is 0 Å². The van der Waals surface area contributed by atoms with Gasteiger partial charge in [-0.1, -0.05) is 0 Å². The van der Waals surface area contributed by atoms with Crippen molar-refractivity contribution in [3.63, 3.8) is 0 Å². The Balaban J connectivity index is 0. The van der Waals surface area contributed by atoms with Crippen molar-refractivity contribution in [2.75, 3.05) is 0 Å². The van der Waals surface area contributed by atoms with Crippen molar-refractivity contribution in [3.05, 3.63) is 0 Å². The van der Waals surface area contributed by atoms with E-state index in [0.29, 0.717) is 0 Å². The first-order valence-electron chi connectivity index (χ1n) is 0.716. The van der Waals surface area contributed by atoms with E-state index in [4.69, 9.17) is 9.90 Å². The van der Waals surface area contributed by atoms with Crippen LogP contribution in [0.1, 0.15) is 0 Å². The Hall–Kier alpha value is 0.249. The molecule has 24 valence electrons. The Labute approximate surface area is 45.9 Å². The first-order chi connectivity index (χ1) is 1.73. The van der Waals surface area contributed by atoms with Crippen molar-refractivity contribution >= 4 is 13.7 Å². The van der Waals surface area contributed by atoms with Gasteiger partial charge < -0.3 is 5.11 Å². The van der Waals surface area contributed by atoms with Gasteiger partial charge in [-0.2, -0.15) is 0 Å². The third-order valence-corrected chi connectivity index (χ3v) is 0. The summed E-state index contributed by atoms with van der Waals surface area (Å²) in [6.45, 7) is 0. The molecule has 2 radical (unpaired) electrons. The second-order valence-electron chi connectivity index (χ2n) is 0.338. The molecule has 0 aliphatic rings. The first-order valence-corrected chi connectivity index (χ1v) is 0.716. The van der Waals surface area contributed by atoms with Gasteiger partial charge in [-0.25, -0.2) is 0 Å². The van der Waals surface area contributed by atoms with Crippen molar-refractivity contribution in [1.82, 2.24) is 0 Å². The van der Waals surface area contributed by atoms with E-state index in [1.54, 1.807) is 0 Å². The van der Waals surface area contributed by atoms with Crippen LogP contribution >= 0.6 is 0 Å². The molecule has 4 heteroatoms. The monoisotopic (exact) mass is 104 g/mol. The van der Waals surface area contributed by atoms with Crippen molar-refractivity contribution in [2.45, 2.75) is 0 Å². The van der Waals surface area contributed by atoms with E-state index in [0.717, 1.165) is 0 Å². The maximum Gasteiger partial charge on any atom is 0.233 e. The fraction of sp³-hybridized carbons (Fsp3) is 0. The number of hydrogen-bond donors (Lipinski definition) is 1. The average molecular weight is 104 g/mol. The van der Waals surface area contributed by atoms with E-state index in [9.17, 15) is 0 Å². The molecule has 0 unspecified atom stereocenters. The van der Waals surface area contributed by atoms with Gasteiger partial charge in [-0.15, -0.1) is 0 Å². The topological polar surface area (TPSA) is 37.3 Å². The summed E-state index contributed by atoms with van der Waals surface area (Å²) in [5.74, 6) is -1.33. The van der Waals surface area contributed by atoms with E-state index in [1.165, 1.54) is 0 Å². The van der Waals surface area contributed by atoms with Crippen molar-refractivity contribution < 1.29 is 31.6 Å². The minimum atomic E-state index is -1.33. The predicted molar refractivity (Wildman–Crippen MR) is 13.8 cm³/mol. The summed E-state index contributed by atoms with van der Waals surface area (Å²) in [6, 6.07) is 0. The maximum absolute atomic E-state index is 8.78. The summed E-state index contributed by atoms with van der Waals surface area (Å²) in [6.07, 6.45) is 0. The van der Waals surface area contributed by atoms with Gasteiger partial charge in [0.25, 0.3) is 0 Å². The fourth-order valence-electron chi connectivity index (χ4n) is 0. The Morgan fingerprint density at radius 2 is 1.80 bits per heavy atom. The van der Waals surface area contributed by atoms with Crippen molar-refractivity contribution in [1.29, 1.82) is 0 Å². The van der Waals surface area contributed by atoms with Crippen LogP contribution < -0.4 is 0 Å². The van der Waals surface area contributed by atoms with Crippen LogP contribution in [0.2, 0.25) is 0 Å². The molecule has 0 aromatic rings. The Morgan fingerprint density at radius 1 is 1.80 bits per heavy atom. The summed E-state index contributed by atoms with van der Waals surface area (Å²) in [4.78, 5) is 8.78. The molecule has 5 heavy (non-hydrogen) atoms. The second kappa shape index (κ2) is 4.25. The van der Waals surface area contributed by atoms with E-state index in [1.807, 2.05) is 0 Å². The summed E-state index contributed by atoms with van der Waals surface area (Å²) in [5, 5.41) is 7.19. The zero-order valence-electron chi connectivity index (χ0n) is 2.43. The second-order valence-corrected chi connectivity index (χ2v) is 0.338. The molecule has 0 aliphatic carbocycles. The molecule has 0 atom stereocenters.